The Morgan fingerprint density at radius 1 is 0.929 bits per heavy atom. The van der Waals surface area contributed by atoms with Gasteiger partial charge in [0, 0.05) is 25.1 Å². The molecule has 0 spiro atoms. The van der Waals surface area contributed by atoms with Gasteiger partial charge in [-0.25, -0.2) is 0 Å². The zero-order chi connectivity index (χ0) is 19.8. The zero-order valence-corrected chi connectivity index (χ0v) is 17.1. The number of hydrogen-bond acceptors (Lipinski definition) is 4. The topological polar surface area (TPSA) is 38.8 Å². The molecule has 0 radical (unpaired) electrons. The third kappa shape index (κ3) is 5.35. The highest BCUT2D eigenvalue weighted by Gasteiger charge is 2.15. The monoisotopic (exact) mass is 381 g/mol. The van der Waals surface area contributed by atoms with Crippen molar-refractivity contribution in [2.75, 3.05) is 27.3 Å². The van der Waals surface area contributed by atoms with E-state index in [4.69, 9.17) is 9.47 Å². The molecule has 0 amide bonds. The smallest absolute Gasteiger partial charge is 0.163 e. The molecule has 150 valence electrons. The molecule has 0 atom stereocenters. The van der Waals surface area contributed by atoms with E-state index in [0.29, 0.717) is 23.5 Å². The summed E-state index contributed by atoms with van der Waals surface area (Å²) in [7, 11) is 3.19. The van der Waals surface area contributed by atoms with E-state index < -0.39 is 0 Å². The fourth-order valence-electron chi connectivity index (χ4n) is 3.87. The number of nitrogens with zero attached hydrogens (tertiary/aromatic N) is 1. The van der Waals surface area contributed by atoms with E-state index in [1.54, 1.807) is 26.4 Å². The molecule has 0 saturated heterocycles. The van der Waals surface area contributed by atoms with Crippen molar-refractivity contribution in [3.8, 4) is 11.5 Å². The fourth-order valence-corrected chi connectivity index (χ4v) is 3.87. The molecular formula is C24H31NO3. The van der Waals surface area contributed by atoms with Crippen molar-refractivity contribution >= 4 is 5.78 Å². The van der Waals surface area contributed by atoms with Crippen LogP contribution in [0.1, 0.15) is 53.6 Å². The molecule has 1 aliphatic rings. The minimum atomic E-state index is 0.175. The maximum absolute atomic E-state index is 12.4. The van der Waals surface area contributed by atoms with Crippen LogP contribution in [0.4, 0.5) is 0 Å². The second kappa shape index (κ2) is 10.3. The van der Waals surface area contributed by atoms with Gasteiger partial charge in [-0.15, -0.1) is 0 Å². The number of ketones is 1. The van der Waals surface area contributed by atoms with Crippen LogP contribution >= 0.6 is 0 Å². The molecule has 0 fully saturated rings. The predicted molar refractivity (Wildman–Crippen MR) is 112 cm³/mol. The van der Waals surface area contributed by atoms with Crippen molar-refractivity contribution in [1.82, 2.24) is 4.90 Å². The first kappa shape index (κ1) is 20.4. The first-order valence-corrected chi connectivity index (χ1v) is 10.3. The summed E-state index contributed by atoms with van der Waals surface area (Å²) in [6, 6.07) is 14.2. The summed E-state index contributed by atoms with van der Waals surface area (Å²) in [4.78, 5) is 15.0. The van der Waals surface area contributed by atoms with Crippen LogP contribution in [0.25, 0.3) is 0 Å². The molecule has 1 heterocycles. The molecule has 0 aromatic heterocycles. The second-order valence-corrected chi connectivity index (χ2v) is 7.45. The lowest BCUT2D eigenvalue weighted by Crippen LogP contribution is -2.31. The highest BCUT2D eigenvalue weighted by atomic mass is 16.5. The molecule has 0 N–H and O–H groups in total. The number of benzene rings is 2. The van der Waals surface area contributed by atoms with Gasteiger partial charge in [-0.2, -0.15) is 0 Å². The highest BCUT2D eigenvalue weighted by molar-refractivity contribution is 5.96. The molecule has 0 saturated carbocycles. The van der Waals surface area contributed by atoms with Crippen LogP contribution in [-0.2, 0) is 13.0 Å². The summed E-state index contributed by atoms with van der Waals surface area (Å²) < 4.78 is 10.5. The number of carbonyl (C=O) groups excluding carboxylic acids is 1. The van der Waals surface area contributed by atoms with Crippen LogP contribution in [0.3, 0.4) is 0 Å². The minimum Gasteiger partial charge on any atom is -0.493 e. The van der Waals surface area contributed by atoms with Crippen molar-refractivity contribution in [3.63, 3.8) is 0 Å². The number of fused-ring (bicyclic) bond motifs is 1. The molecule has 3 rings (SSSR count). The highest BCUT2D eigenvalue weighted by Crippen LogP contribution is 2.28. The first-order valence-electron chi connectivity index (χ1n) is 10.3. The number of methoxy groups -OCH3 is 2. The maximum atomic E-state index is 12.4. The van der Waals surface area contributed by atoms with E-state index in [2.05, 4.69) is 29.2 Å². The van der Waals surface area contributed by atoms with E-state index >= 15 is 0 Å². The Kier molecular flexibility index (Phi) is 7.49. The molecule has 2 aromatic carbocycles. The Morgan fingerprint density at radius 2 is 1.68 bits per heavy atom. The molecular weight excluding hydrogens is 350 g/mol. The van der Waals surface area contributed by atoms with Crippen molar-refractivity contribution in [3.05, 3.63) is 59.2 Å². The van der Waals surface area contributed by atoms with E-state index in [-0.39, 0.29) is 5.78 Å². The molecule has 4 heteroatoms. The van der Waals surface area contributed by atoms with E-state index in [9.17, 15) is 4.79 Å². The van der Waals surface area contributed by atoms with Crippen LogP contribution in [0.15, 0.2) is 42.5 Å². The van der Waals surface area contributed by atoms with E-state index in [1.165, 1.54) is 24.0 Å². The van der Waals surface area contributed by atoms with E-state index in [0.717, 1.165) is 38.9 Å². The molecule has 2 aromatic rings. The quantitative estimate of drug-likeness (QED) is 0.434. The van der Waals surface area contributed by atoms with Crippen molar-refractivity contribution in [2.45, 2.75) is 45.1 Å². The fraction of sp³-hybridized carbons (Fsp3) is 0.458. The number of hydrogen-bond donors (Lipinski definition) is 0. The minimum absolute atomic E-state index is 0.175. The predicted octanol–water partition coefficient (Wildman–Crippen LogP) is 4.90. The summed E-state index contributed by atoms with van der Waals surface area (Å²) in [6.45, 7) is 3.39. The van der Waals surface area contributed by atoms with Gasteiger partial charge in [0.1, 0.15) is 0 Å². The molecule has 1 aliphatic heterocycles. The average molecular weight is 382 g/mol. The van der Waals surface area contributed by atoms with Crippen LogP contribution in [0.2, 0.25) is 0 Å². The maximum Gasteiger partial charge on any atom is 0.163 e. The summed E-state index contributed by atoms with van der Waals surface area (Å²) in [5.74, 6) is 1.43. The lowest BCUT2D eigenvalue weighted by molar-refractivity contribution is 0.0978. The van der Waals surface area contributed by atoms with Gasteiger partial charge in [-0.05, 0) is 55.1 Å². The largest absolute Gasteiger partial charge is 0.493 e. The van der Waals surface area contributed by atoms with Gasteiger partial charge in [-0.1, -0.05) is 37.1 Å². The average Bonchev–Trinajstić information content (AvgIpc) is 2.75. The Labute approximate surface area is 168 Å². The van der Waals surface area contributed by atoms with Gasteiger partial charge in [0.05, 0.1) is 14.2 Å². The van der Waals surface area contributed by atoms with Crippen LogP contribution in [-0.4, -0.2) is 38.0 Å². The molecule has 0 unspecified atom stereocenters. The number of carbonyl (C=O) groups is 1. The summed E-state index contributed by atoms with van der Waals surface area (Å²) >= 11 is 0. The van der Waals surface area contributed by atoms with Crippen LogP contribution in [0, 0.1) is 0 Å². The SMILES string of the molecule is COc1ccc(C(=O)CCCCCCN2CCc3ccccc3C2)cc1OC. The Morgan fingerprint density at radius 3 is 2.46 bits per heavy atom. The van der Waals surface area contributed by atoms with Crippen molar-refractivity contribution < 1.29 is 14.3 Å². The van der Waals surface area contributed by atoms with Gasteiger partial charge in [0.15, 0.2) is 17.3 Å². The number of ether oxygens (including phenoxy) is 2. The lowest BCUT2D eigenvalue weighted by Gasteiger charge is -2.28. The Balaban J connectivity index is 1.33. The first-order chi connectivity index (χ1) is 13.7. The third-order valence-electron chi connectivity index (χ3n) is 5.54. The Hall–Kier alpha value is -2.33. The third-order valence-corrected chi connectivity index (χ3v) is 5.54. The van der Waals surface area contributed by atoms with Gasteiger partial charge in [-0.3, -0.25) is 9.69 Å². The number of unbranched alkanes of at least 4 members (excludes halogenated alkanes) is 3. The summed E-state index contributed by atoms with van der Waals surface area (Å²) in [5, 5.41) is 0. The normalized spacial score (nSPS) is 13.8. The van der Waals surface area contributed by atoms with Crippen molar-refractivity contribution in [1.29, 1.82) is 0 Å². The molecule has 0 aliphatic carbocycles. The van der Waals surface area contributed by atoms with Crippen molar-refractivity contribution in [2.24, 2.45) is 0 Å². The van der Waals surface area contributed by atoms with Gasteiger partial charge in [0.2, 0.25) is 0 Å². The zero-order valence-electron chi connectivity index (χ0n) is 17.1. The Bertz CT molecular complexity index is 787. The molecule has 0 bridgehead atoms. The number of rotatable bonds is 10. The summed E-state index contributed by atoms with van der Waals surface area (Å²) in [6.07, 6.45) is 6.17. The molecule has 28 heavy (non-hydrogen) atoms. The second-order valence-electron chi connectivity index (χ2n) is 7.45. The van der Waals surface area contributed by atoms with Crippen LogP contribution < -0.4 is 9.47 Å². The molecule has 4 nitrogen and oxygen atoms in total. The lowest BCUT2D eigenvalue weighted by atomic mass is 9.99. The van der Waals surface area contributed by atoms with Gasteiger partial charge < -0.3 is 9.47 Å². The van der Waals surface area contributed by atoms with Crippen LogP contribution in [0.5, 0.6) is 11.5 Å². The van der Waals surface area contributed by atoms with Gasteiger partial charge >= 0.3 is 0 Å². The number of Topliss-reactive ketones (excluding diaryl/α,β-unsaturated/α-hetero) is 1. The summed E-state index contributed by atoms with van der Waals surface area (Å²) in [5.41, 5.74) is 3.69. The van der Waals surface area contributed by atoms with E-state index in [1.807, 2.05) is 6.07 Å². The standard InChI is InChI=1S/C24H31NO3/c1-27-23-13-12-20(17-24(23)28-2)22(26)11-5-3-4-8-15-25-16-14-19-9-6-7-10-21(19)18-25/h6-7,9-10,12-13,17H,3-5,8,11,14-16,18H2,1-2H3. The van der Waals surface area contributed by atoms with Gasteiger partial charge in [0.25, 0.3) is 0 Å².